The maximum Gasteiger partial charge on any atom is 0.159 e. The monoisotopic (exact) mass is 708 g/mol. The normalized spacial score (nSPS) is 13.1. The molecule has 0 bridgehead atoms. The maximum atomic E-state index is 6.59. The molecule has 2 aromatic heterocycles. The molecule has 0 fully saturated rings. The SMILES string of the molecule is CC1(C)c2cc(N(c3ccccc3)c3cccc4c3oc3ccccc34)ccc2-c2ccc(N(c3ccccc3)c3cccc4c3oc3ccccc34)cc21. The van der Waals surface area contributed by atoms with Gasteiger partial charge in [0.2, 0.25) is 0 Å². The van der Waals surface area contributed by atoms with Gasteiger partial charge in [-0.1, -0.05) is 123 Å². The molecule has 0 saturated heterocycles. The zero-order valence-corrected chi connectivity index (χ0v) is 30.5. The molecule has 1 aliphatic rings. The minimum Gasteiger partial charge on any atom is -0.454 e. The van der Waals surface area contributed by atoms with Crippen LogP contribution in [-0.2, 0) is 5.41 Å². The van der Waals surface area contributed by atoms with Crippen LogP contribution in [0, 0.1) is 0 Å². The quantitative estimate of drug-likeness (QED) is 0.172. The lowest BCUT2D eigenvalue weighted by molar-refractivity contribution is 0.660. The van der Waals surface area contributed by atoms with E-state index in [2.05, 4.69) is 181 Å². The van der Waals surface area contributed by atoms with Crippen molar-refractivity contribution in [2.24, 2.45) is 0 Å². The Morgan fingerprint density at radius 1 is 0.364 bits per heavy atom. The van der Waals surface area contributed by atoms with Crippen molar-refractivity contribution in [3.05, 3.63) is 193 Å². The first kappa shape index (κ1) is 31.5. The third-order valence-electron chi connectivity index (χ3n) is 11.4. The Labute approximate surface area is 319 Å². The molecule has 11 rings (SSSR count). The largest absolute Gasteiger partial charge is 0.454 e. The van der Waals surface area contributed by atoms with Gasteiger partial charge in [0.1, 0.15) is 11.2 Å². The smallest absolute Gasteiger partial charge is 0.159 e. The number of nitrogens with zero attached hydrogens (tertiary/aromatic N) is 2. The number of anilines is 6. The van der Waals surface area contributed by atoms with E-state index in [4.69, 9.17) is 8.83 Å². The summed E-state index contributed by atoms with van der Waals surface area (Å²) in [6, 6.07) is 64.6. The van der Waals surface area contributed by atoms with Crippen LogP contribution < -0.4 is 9.80 Å². The Morgan fingerprint density at radius 3 is 1.22 bits per heavy atom. The Bertz CT molecular complexity index is 2870. The number of rotatable bonds is 6. The van der Waals surface area contributed by atoms with Crippen LogP contribution in [0.4, 0.5) is 34.1 Å². The van der Waals surface area contributed by atoms with Crippen LogP contribution in [0.5, 0.6) is 0 Å². The molecule has 1 aliphatic carbocycles. The van der Waals surface area contributed by atoms with Crippen LogP contribution in [0.25, 0.3) is 55.0 Å². The van der Waals surface area contributed by atoms with Gasteiger partial charge in [-0.05, 0) is 95.1 Å². The van der Waals surface area contributed by atoms with Crippen LogP contribution >= 0.6 is 0 Å². The van der Waals surface area contributed by atoms with Gasteiger partial charge in [0.25, 0.3) is 0 Å². The molecule has 0 aliphatic heterocycles. The third-order valence-corrected chi connectivity index (χ3v) is 11.4. The highest BCUT2D eigenvalue weighted by Crippen LogP contribution is 2.53. The van der Waals surface area contributed by atoms with Crippen LogP contribution in [-0.4, -0.2) is 0 Å². The first-order valence-corrected chi connectivity index (χ1v) is 18.8. The van der Waals surface area contributed by atoms with Crippen LogP contribution in [0.3, 0.4) is 0 Å². The summed E-state index contributed by atoms with van der Waals surface area (Å²) in [6.45, 7) is 4.70. The summed E-state index contributed by atoms with van der Waals surface area (Å²) in [7, 11) is 0. The first-order valence-electron chi connectivity index (χ1n) is 18.8. The highest BCUT2D eigenvalue weighted by atomic mass is 16.3. The van der Waals surface area contributed by atoms with Gasteiger partial charge < -0.3 is 18.6 Å². The number of benzene rings is 8. The molecule has 0 unspecified atom stereocenters. The zero-order chi connectivity index (χ0) is 36.7. The second-order valence-corrected chi connectivity index (χ2v) is 14.9. The lowest BCUT2D eigenvalue weighted by Crippen LogP contribution is -2.17. The lowest BCUT2D eigenvalue weighted by Gasteiger charge is -2.29. The van der Waals surface area contributed by atoms with E-state index in [1.54, 1.807) is 0 Å². The summed E-state index contributed by atoms with van der Waals surface area (Å²) in [4.78, 5) is 4.67. The molecule has 10 aromatic rings. The topological polar surface area (TPSA) is 32.8 Å². The Morgan fingerprint density at radius 2 is 0.764 bits per heavy atom. The van der Waals surface area contributed by atoms with Crippen molar-refractivity contribution < 1.29 is 8.83 Å². The molecule has 8 aromatic carbocycles. The number of hydrogen-bond acceptors (Lipinski definition) is 4. The molecule has 4 heteroatoms. The van der Waals surface area contributed by atoms with Crippen molar-refractivity contribution in [3.8, 4) is 11.1 Å². The molecule has 4 nitrogen and oxygen atoms in total. The van der Waals surface area contributed by atoms with Crippen molar-refractivity contribution in [2.45, 2.75) is 19.3 Å². The van der Waals surface area contributed by atoms with E-state index in [9.17, 15) is 0 Å². The molecule has 262 valence electrons. The summed E-state index contributed by atoms with van der Waals surface area (Å²) >= 11 is 0. The van der Waals surface area contributed by atoms with Crippen LogP contribution in [0.2, 0.25) is 0 Å². The minimum atomic E-state index is -0.280. The number of para-hydroxylation sites is 6. The number of hydrogen-bond donors (Lipinski definition) is 0. The van der Waals surface area contributed by atoms with E-state index in [-0.39, 0.29) is 5.41 Å². The predicted molar refractivity (Wildman–Crippen MR) is 228 cm³/mol. The first-order chi connectivity index (χ1) is 27.0. The second-order valence-electron chi connectivity index (χ2n) is 14.9. The minimum absolute atomic E-state index is 0.280. The van der Waals surface area contributed by atoms with Gasteiger partial charge in [-0.3, -0.25) is 0 Å². The maximum absolute atomic E-state index is 6.59. The predicted octanol–water partition coefficient (Wildman–Crippen LogP) is 14.7. The second kappa shape index (κ2) is 12.0. The summed E-state index contributed by atoms with van der Waals surface area (Å²) in [5.74, 6) is 0. The van der Waals surface area contributed by atoms with Crippen molar-refractivity contribution in [1.82, 2.24) is 0 Å². The molecule has 0 N–H and O–H groups in total. The average molecular weight is 709 g/mol. The van der Waals surface area contributed by atoms with E-state index in [0.717, 1.165) is 78.0 Å². The van der Waals surface area contributed by atoms with E-state index in [1.165, 1.54) is 22.3 Å². The van der Waals surface area contributed by atoms with E-state index >= 15 is 0 Å². The van der Waals surface area contributed by atoms with Gasteiger partial charge in [0.15, 0.2) is 11.2 Å². The molecule has 0 atom stereocenters. The van der Waals surface area contributed by atoms with Gasteiger partial charge in [-0.25, -0.2) is 0 Å². The third kappa shape index (κ3) is 4.78. The highest BCUT2D eigenvalue weighted by Gasteiger charge is 2.37. The summed E-state index contributed by atoms with van der Waals surface area (Å²) < 4.78 is 13.2. The van der Waals surface area contributed by atoms with E-state index in [1.807, 2.05) is 24.3 Å². The van der Waals surface area contributed by atoms with Gasteiger partial charge in [-0.15, -0.1) is 0 Å². The average Bonchev–Trinajstić information content (AvgIpc) is 3.88. The fraction of sp³-hybridized carbons (Fsp3) is 0.0588. The summed E-state index contributed by atoms with van der Waals surface area (Å²) in [5.41, 5.74) is 14.7. The summed E-state index contributed by atoms with van der Waals surface area (Å²) in [5, 5.41) is 4.46. The lowest BCUT2D eigenvalue weighted by atomic mass is 9.82. The molecule has 55 heavy (non-hydrogen) atoms. The Balaban J connectivity index is 1.06. The van der Waals surface area contributed by atoms with Crippen molar-refractivity contribution >= 4 is 78.0 Å². The van der Waals surface area contributed by atoms with Crippen LogP contribution in [0.15, 0.2) is 191 Å². The summed E-state index contributed by atoms with van der Waals surface area (Å²) in [6.07, 6.45) is 0. The number of fused-ring (bicyclic) bond motifs is 9. The van der Waals surface area contributed by atoms with Crippen molar-refractivity contribution in [1.29, 1.82) is 0 Å². The fourth-order valence-electron chi connectivity index (χ4n) is 8.82. The molecule has 0 spiro atoms. The molecular formula is C51H36N2O2. The van der Waals surface area contributed by atoms with Gasteiger partial charge >= 0.3 is 0 Å². The fourth-order valence-corrected chi connectivity index (χ4v) is 8.82. The Kier molecular flexibility index (Phi) is 6.86. The van der Waals surface area contributed by atoms with Gasteiger partial charge in [0.05, 0.1) is 11.4 Å². The Hall–Kier alpha value is -7.04. The van der Waals surface area contributed by atoms with E-state index < -0.39 is 0 Å². The highest BCUT2D eigenvalue weighted by molar-refractivity contribution is 6.11. The molecular weight excluding hydrogens is 673 g/mol. The standard InChI is InChI=1S/C51H36N2O2/c1-51(2)43-31-35(52(33-15-5-3-6-16-33)45-23-13-21-41-39-19-9-11-25-47(39)54-49(41)45)27-29-37(43)38-30-28-36(32-44(38)51)53(34-17-7-4-8-18-34)46-24-14-22-42-40-20-10-12-26-48(40)55-50(42)46/h3-32H,1-2H3. The van der Waals surface area contributed by atoms with Crippen LogP contribution in [0.1, 0.15) is 25.0 Å². The van der Waals surface area contributed by atoms with Gasteiger partial charge in [-0.2, -0.15) is 0 Å². The molecule has 0 amide bonds. The van der Waals surface area contributed by atoms with Crippen molar-refractivity contribution in [2.75, 3.05) is 9.80 Å². The molecule has 0 radical (unpaired) electrons. The zero-order valence-electron chi connectivity index (χ0n) is 30.5. The number of furan rings is 2. The molecule has 2 heterocycles. The molecule has 0 saturated carbocycles. The van der Waals surface area contributed by atoms with E-state index in [0.29, 0.717) is 0 Å². The van der Waals surface area contributed by atoms with Crippen molar-refractivity contribution in [3.63, 3.8) is 0 Å². The van der Waals surface area contributed by atoms with Gasteiger partial charge in [0, 0.05) is 49.7 Å².